The van der Waals surface area contributed by atoms with E-state index in [1.807, 2.05) is 11.3 Å². The minimum absolute atomic E-state index is 0.618. The third-order valence-corrected chi connectivity index (χ3v) is 5.32. The molecular formula is C18H23NS. The van der Waals surface area contributed by atoms with Gasteiger partial charge < -0.3 is 5.32 Å². The number of aryl methyl sites for hydroxylation is 1. The fraction of sp³-hybridized carbons (Fsp3) is 0.444. The van der Waals surface area contributed by atoms with Crippen LogP contribution < -0.4 is 5.32 Å². The Morgan fingerprint density at radius 3 is 2.80 bits per heavy atom. The molecule has 3 rings (SSSR count). The zero-order valence-corrected chi connectivity index (χ0v) is 13.0. The van der Waals surface area contributed by atoms with E-state index >= 15 is 0 Å². The Kier molecular flexibility index (Phi) is 4.54. The van der Waals surface area contributed by atoms with Gasteiger partial charge in [-0.3, -0.25) is 0 Å². The molecule has 0 radical (unpaired) electrons. The lowest BCUT2D eigenvalue weighted by atomic mass is 9.79. The van der Waals surface area contributed by atoms with Gasteiger partial charge in [-0.1, -0.05) is 37.3 Å². The molecule has 2 aromatic rings. The van der Waals surface area contributed by atoms with Crippen molar-refractivity contribution in [2.75, 3.05) is 6.54 Å². The molecule has 0 saturated carbocycles. The highest BCUT2D eigenvalue weighted by molar-refractivity contribution is 7.09. The molecule has 2 heteroatoms. The van der Waals surface area contributed by atoms with Gasteiger partial charge in [-0.25, -0.2) is 0 Å². The maximum Gasteiger partial charge on any atom is 0.0147 e. The molecule has 106 valence electrons. The molecule has 20 heavy (non-hydrogen) atoms. The molecule has 1 nitrogen and oxygen atoms in total. The quantitative estimate of drug-likeness (QED) is 0.873. The van der Waals surface area contributed by atoms with Crippen LogP contribution in [0.5, 0.6) is 0 Å². The van der Waals surface area contributed by atoms with Crippen LogP contribution in [0.4, 0.5) is 0 Å². The van der Waals surface area contributed by atoms with E-state index in [9.17, 15) is 0 Å². The summed E-state index contributed by atoms with van der Waals surface area (Å²) in [7, 11) is 0. The predicted molar refractivity (Wildman–Crippen MR) is 87.4 cm³/mol. The van der Waals surface area contributed by atoms with Crippen molar-refractivity contribution < 1.29 is 0 Å². The Hall–Kier alpha value is -1.12. The van der Waals surface area contributed by atoms with Crippen LogP contribution in [0.2, 0.25) is 0 Å². The molecule has 1 aliphatic carbocycles. The van der Waals surface area contributed by atoms with Crippen LogP contribution in [0, 0.1) is 5.92 Å². The fourth-order valence-corrected chi connectivity index (χ4v) is 4.15. The van der Waals surface area contributed by atoms with Gasteiger partial charge in [0.2, 0.25) is 0 Å². The van der Waals surface area contributed by atoms with Crippen molar-refractivity contribution in [3.63, 3.8) is 0 Å². The second-order valence-corrected chi connectivity index (χ2v) is 6.75. The zero-order chi connectivity index (χ0) is 13.8. The van der Waals surface area contributed by atoms with Crippen molar-refractivity contribution in [2.45, 2.75) is 38.6 Å². The number of nitrogens with one attached hydrogen (secondary N) is 1. The van der Waals surface area contributed by atoms with Crippen LogP contribution in [0.15, 0.2) is 41.8 Å². The summed E-state index contributed by atoms with van der Waals surface area (Å²) < 4.78 is 0. The van der Waals surface area contributed by atoms with E-state index < -0.39 is 0 Å². The first-order valence-electron chi connectivity index (χ1n) is 7.69. The maximum atomic E-state index is 3.73. The first-order chi connectivity index (χ1) is 9.86. The lowest BCUT2D eigenvalue weighted by Crippen LogP contribution is -2.40. The molecule has 0 amide bonds. The van der Waals surface area contributed by atoms with Crippen molar-refractivity contribution in [3.8, 4) is 0 Å². The predicted octanol–water partition coefficient (Wildman–Crippen LogP) is 4.07. The van der Waals surface area contributed by atoms with Gasteiger partial charge >= 0.3 is 0 Å². The Labute approximate surface area is 126 Å². The average molecular weight is 285 g/mol. The Morgan fingerprint density at radius 2 is 2.05 bits per heavy atom. The third kappa shape index (κ3) is 3.13. The molecule has 0 aliphatic heterocycles. The van der Waals surface area contributed by atoms with E-state index in [-0.39, 0.29) is 0 Å². The summed E-state index contributed by atoms with van der Waals surface area (Å²) in [6.45, 7) is 3.28. The van der Waals surface area contributed by atoms with Gasteiger partial charge in [0.1, 0.15) is 0 Å². The van der Waals surface area contributed by atoms with Crippen molar-refractivity contribution in [2.24, 2.45) is 5.92 Å². The lowest BCUT2D eigenvalue weighted by Gasteiger charge is -2.32. The van der Waals surface area contributed by atoms with Crippen molar-refractivity contribution in [1.29, 1.82) is 0 Å². The van der Waals surface area contributed by atoms with Crippen LogP contribution in [0.25, 0.3) is 0 Å². The number of hydrogen-bond acceptors (Lipinski definition) is 2. The molecule has 0 spiro atoms. The number of thiophene rings is 1. The molecule has 0 bridgehead atoms. The van der Waals surface area contributed by atoms with E-state index in [4.69, 9.17) is 0 Å². The normalized spacial score (nSPS) is 19.6. The summed E-state index contributed by atoms with van der Waals surface area (Å²) in [5.74, 6) is 0.770. The molecular weight excluding hydrogens is 262 g/mol. The highest BCUT2D eigenvalue weighted by Gasteiger charge is 2.25. The van der Waals surface area contributed by atoms with E-state index in [1.54, 1.807) is 11.1 Å². The summed E-state index contributed by atoms with van der Waals surface area (Å²) in [4.78, 5) is 1.51. The topological polar surface area (TPSA) is 12.0 Å². The Morgan fingerprint density at radius 1 is 1.20 bits per heavy atom. The van der Waals surface area contributed by atoms with E-state index in [0.29, 0.717) is 6.04 Å². The Balaban J connectivity index is 1.72. The van der Waals surface area contributed by atoms with Gasteiger partial charge in [-0.05, 0) is 60.7 Å². The summed E-state index contributed by atoms with van der Waals surface area (Å²) in [6, 6.07) is 14.0. The average Bonchev–Trinajstić information content (AvgIpc) is 2.99. The maximum absolute atomic E-state index is 3.73. The van der Waals surface area contributed by atoms with Gasteiger partial charge in [0.15, 0.2) is 0 Å². The van der Waals surface area contributed by atoms with Crippen LogP contribution in [0.3, 0.4) is 0 Å². The molecule has 0 saturated heterocycles. The van der Waals surface area contributed by atoms with Crippen LogP contribution in [0.1, 0.15) is 29.3 Å². The molecule has 1 aromatic heterocycles. The van der Waals surface area contributed by atoms with Crippen molar-refractivity contribution >= 4 is 11.3 Å². The minimum Gasteiger partial charge on any atom is -0.314 e. The van der Waals surface area contributed by atoms with E-state index in [1.165, 1.54) is 30.6 Å². The molecule has 1 heterocycles. The molecule has 1 aromatic carbocycles. The first-order valence-corrected chi connectivity index (χ1v) is 8.57. The fourth-order valence-electron chi connectivity index (χ4n) is 3.38. The van der Waals surface area contributed by atoms with Gasteiger partial charge in [0.05, 0.1) is 0 Å². The smallest absolute Gasteiger partial charge is 0.0147 e. The van der Waals surface area contributed by atoms with Crippen molar-refractivity contribution in [1.82, 2.24) is 5.32 Å². The van der Waals surface area contributed by atoms with E-state index in [2.05, 4.69) is 54.0 Å². The number of fused-ring (bicyclic) bond motifs is 1. The molecule has 2 atom stereocenters. The highest BCUT2D eigenvalue weighted by Crippen LogP contribution is 2.29. The van der Waals surface area contributed by atoms with Crippen LogP contribution in [-0.4, -0.2) is 12.6 Å². The number of rotatable bonds is 5. The summed E-state index contributed by atoms with van der Waals surface area (Å²) >= 11 is 1.89. The minimum atomic E-state index is 0.618. The number of hydrogen-bond donors (Lipinski definition) is 1. The summed E-state index contributed by atoms with van der Waals surface area (Å²) in [5.41, 5.74) is 3.13. The first kappa shape index (κ1) is 13.8. The summed E-state index contributed by atoms with van der Waals surface area (Å²) in [6.07, 6.45) is 4.98. The lowest BCUT2D eigenvalue weighted by molar-refractivity contribution is 0.323. The van der Waals surface area contributed by atoms with Gasteiger partial charge in [-0.15, -0.1) is 11.3 Å². The molecule has 2 unspecified atom stereocenters. The largest absolute Gasteiger partial charge is 0.314 e. The standard InChI is InChI=1S/C18H23NS/c1-2-19-18(13-17-8-5-11-20-17)16-10-9-14-6-3-4-7-15(14)12-16/h3-8,11,16,18-19H,2,9-10,12-13H2,1H3. The monoisotopic (exact) mass is 285 g/mol. The van der Waals surface area contributed by atoms with Crippen LogP contribution >= 0.6 is 11.3 Å². The second-order valence-electron chi connectivity index (χ2n) is 5.72. The third-order valence-electron chi connectivity index (χ3n) is 4.42. The number of likely N-dealkylation sites (N-methyl/N-ethyl adjacent to an activating group) is 1. The van der Waals surface area contributed by atoms with Crippen molar-refractivity contribution in [3.05, 3.63) is 57.8 Å². The van der Waals surface area contributed by atoms with Crippen LogP contribution in [-0.2, 0) is 19.3 Å². The molecule has 1 aliphatic rings. The van der Waals surface area contributed by atoms with E-state index in [0.717, 1.165) is 12.5 Å². The van der Waals surface area contributed by atoms with Gasteiger partial charge in [0.25, 0.3) is 0 Å². The Bertz CT molecular complexity index is 532. The number of benzene rings is 1. The second kappa shape index (κ2) is 6.55. The zero-order valence-electron chi connectivity index (χ0n) is 12.1. The van der Waals surface area contributed by atoms with Gasteiger partial charge in [0, 0.05) is 10.9 Å². The van der Waals surface area contributed by atoms with Gasteiger partial charge in [-0.2, -0.15) is 0 Å². The molecule has 1 N–H and O–H groups in total. The summed E-state index contributed by atoms with van der Waals surface area (Å²) in [5, 5.41) is 5.92. The highest BCUT2D eigenvalue weighted by atomic mass is 32.1. The molecule has 0 fully saturated rings. The SMILES string of the molecule is CCNC(Cc1cccs1)C1CCc2ccccc2C1.